The number of fused-ring (bicyclic) bond motifs is 2. The van der Waals surface area contributed by atoms with Crippen molar-refractivity contribution < 1.29 is 13.6 Å². The molecule has 1 aliphatic rings. The highest BCUT2D eigenvalue weighted by Crippen LogP contribution is 2.37. The summed E-state index contributed by atoms with van der Waals surface area (Å²) < 4.78 is 19.2. The van der Waals surface area contributed by atoms with Gasteiger partial charge in [0.15, 0.2) is 0 Å². The molecular weight excluding hydrogens is 307 g/mol. The van der Waals surface area contributed by atoms with Gasteiger partial charge in [-0.05, 0) is 48.7 Å². The number of nitrogens with one attached hydrogen (secondary N) is 2. The van der Waals surface area contributed by atoms with Gasteiger partial charge < -0.3 is 15.1 Å². The van der Waals surface area contributed by atoms with Crippen molar-refractivity contribution in [3.8, 4) is 11.3 Å². The van der Waals surface area contributed by atoms with E-state index >= 15 is 0 Å². The second-order valence-electron chi connectivity index (χ2n) is 5.93. The largest absolute Gasteiger partial charge is 0.455 e. The number of hydrogen-bond donors (Lipinski definition) is 2. The highest BCUT2D eigenvalue weighted by molar-refractivity contribution is 6.11. The fraction of sp³-hybridized carbons (Fsp3) is 0.211. The summed E-state index contributed by atoms with van der Waals surface area (Å²) in [6.45, 7) is 0.937. The highest BCUT2D eigenvalue weighted by atomic mass is 19.1. The van der Waals surface area contributed by atoms with Gasteiger partial charge in [0.25, 0.3) is 5.91 Å². The van der Waals surface area contributed by atoms with Crippen molar-refractivity contribution >= 4 is 22.6 Å². The van der Waals surface area contributed by atoms with Crippen LogP contribution in [0.2, 0.25) is 0 Å². The van der Waals surface area contributed by atoms with Crippen molar-refractivity contribution in [2.45, 2.75) is 12.8 Å². The van der Waals surface area contributed by atoms with Crippen molar-refractivity contribution in [2.24, 2.45) is 0 Å². The quantitative estimate of drug-likeness (QED) is 0.750. The molecule has 1 amide bonds. The van der Waals surface area contributed by atoms with Crippen LogP contribution in [0, 0.1) is 5.82 Å². The summed E-state index contributed by atoms with van der Waals surface area (Å²) in [6.07, 6.45) is 2.04. The number of halogens is 1. The predicted octanol–water partition coefficient (Wildman–Crippen LogP) is 3.96. The van der Waals surface area contributed by atoms with Crippen molar-refractivity contribution in [3.05, 3.63) is 53.3 Å². The van der Waals surface area contributed by atoms with Gasteiger partial charge in [0, 0.05) is 36.3 Å². The summed E-state index contributed by atoms with van der Waals surface area (Å²) in [5.41, 5.74) is 4.06. The lowest BCUT2D eigenvalue weighted by molar-refractivity contribution is 0.0964. The molecule has 0 saturated heterocycles. The molecule has 0 unspecified atom stereocenters. The first-order chi connectivity index (χ1) is 11.7. The van der Waals surface area contributed by atoms with Gasteiger partial charge in [-0.3, -0.25) is 4.79 Å². The smallest absolute Gasteiger partial charge is 0.255 e. The van der Waals surface area contributed by atoms with Crippen molar-refractivity contribution in [1.29, 1.82) is 0 Å². The number of carbonyl (C=O) groups excluding carboxylic acids is 1. The predicted molar refractivity (Wildman–Crippen MR) is 91.8 cm³/mol. The summed E-state index contributed by atoms with van der Waals surface area (Å²) >= 11 is 0. The standard InChI is InChI=1S/C19H17FN2O2/c1-21-19(23)17-14-9-12-3-2-8-22-15(12)10-16(14)24-18(17)11-4-6-13(20)7-5-11/h4-7,9-10,22H,2-3,8H2,1H3,(H,21,23). The number of hydrogen-bond acceptors (Lipinski definition) is 3. The zero-order chi connectivity index (χ0) is 16.7. The Balaban J connectivity index is 1.98. The second kappa shape index (κ2) is 5.67. The Morgan fingerprint density at radius 2 is 2.04 bits per heavy atom. The van der Waals surface area contributed by atoms with E-state index in [1.165, 1.54) is 17.7 Å². The monoisotopic (exact) mass is 324 g/mol. The van der Waals surface area contributed by atoms with Gasteiger partial charge in [0.1, 0.15) is 17.2 Å². The molecule has 4 rings (SSSR count). The summed E-state index contributed by atoms with van der Waals surface area (Å²) in [5.74, 6) is -0.0699. The minimum Gasteiger partial charge on any atom is -0.455 e. The number of aryl methyl sites for hydroxylation is 1. The zero-order valence-corrected chi connectivity index (χ0v) is 13.3. The maximum atomic E-state index is 13.2. The van der Waals surface area contributed by atoms with Crippen molar-refractivity contribution in [2.75, 3.05) is 18.9 Å². The summed E-state index contributed by atoms with van der Waals surface area (Å²) in [6, 6.07) is 9.95. The van der Waals surface area contributed by atoms with Crippen LogP contribution >= 0.6 is 0 Å². The molecule has 0 radical (unpaired) electrons. The molecule has 1 aromatic heterocycles. The molecule has 0 bridgehead atoms. The first-order valence-electron chi connectivity index (χ1n) is 7.98. The van der Waals surface area contributed by atoms with Gasteiger partial charge >= 0.3 is 0 Å². The number of benzene rings is 2. The summed E-state index contributed by atoms with van der Waals surface area (Å²) in [4.78, 5) is 12.5. The van der Waals surface area contributed by atoms with Crippen LogP contribution in [0.4, 0.5) is 10.1 Å². The van der Waals surface area contributed by atoms with Crippen LogP contribution in [-0.2, 0) is 6.42 Å². The first-order valence-corrected chi connectivity index (χ1v) is 7.98. The molecule has 2 heterocycles. The molecule has 122 valence electrons. The van der Waals surface area contributed by atoms with Crippen molar-refractivity contribution in [3.63, 3.8) is 0 Å². The lowest BCUT2D eigenvalue weighted by Gasteiger charge is -2.17. The molecule has 2 N–H and O–H groups in total. The fourth-order valence-corrected chi connectivity index (χ4v) is 3.22. The van der Waals surface area contributed by atoms with Gasteiger partial charge in [-0.15, -0.1) is 0 Å². The maximum Gasteiger partial charge on any atom is 0.255 e. The van der Waals surface area contributed by atoms with Crippen LogP contribution in [0.15, 0.2) is 40.8 Å². The molecule has 0 aliphatic carbocycles. The molecule has 2 aromatic carbocycles. The Kier molecular flexibility index (Phi) is 3.49. The van der Waals surface area contributed by atoms with Crippen molar-refractivity contribution in [1.82, 2.24) is 5.32 Å². The Morgan fingerprint density at radius 1 is 1.25 bits per heavy atom. The van der Waals surface area contributed by atoms with E-state index in [1.54, 1.807) is 19.2 Å². The number of carbonyl (C=O) groups is 1. The molecule has 5 heteroatoms. The second-order valence-corrected chi connectivity index (χ2v) is 5.93. The Morgan fingerprint density at radius 3 is 2.79 bits per heavy atom. The van der Waals surface area contributed by atoms with E-state index in [1.807, 2.05) is 12.1 Å². The maximum absolute atomic E-state index is 13.2. The third-order valence-corrected chi connectivity index (χ3v) is 4.41. The molecule has 4 nitrogen and oxygen atoms in total. The van der Waals surface area contributed by atoms with Crippen LogP contribution in [0.5, 0.6) is 0 Å². The molecule has 0 atom stereocenters. The zero-order valence-electron chi connectivity index (χ0n) is 13.3. The number of rotatable bonds is 2. The minimum absolute atomic E-state index is 0.211. The Bertz CT molecular complexity index is 929. The average Bonchev–Trinajstić information content (AvgIpc) is 2.98. The third kappa shape index (κ3) is 2.33. The lowest BCUT2D eigenvalue weighted by atomic mass is 9.98. The van der Waals surface area contributed by atoms with E-state index < -0.39 is 0 Å². The number of furan rings is 1. The van der Waals surface area contributed by atoms with Crippen LogP contribution < -0.4 is 10.6 Å². The lowest BCUT2D eigenvalue weighted by Crippen LogP contribution is -2.18. The van der Waals surface area contributed by atoms with E-state index in [-0.39, 0.29) is 11.7 Å². The summed E-state index contributed by atoms with van der Waals surface area (Å²) in [7, 11) is 1.59. The fourth-order valence-electron chi connectivity index (χ4n) is 3.22. The van der Waals surface area contributed by atoms with Gasteiger partial charge in [-0.1, -0.05) is 0 Å². The van der Waals surface area contributed by atoms with Crippen LogP contribution in [0.3, 0.4) is 0 Å². The summed E-state index contributed by atoms with van der Waals surface area (Å²) in [5, 5.41) is 6.82. The molecule has 24 heavy (non-hydrogen) atoms. The van der Waals surface area contributed by atoms with Gasteiger partial charge in [-0.2, -0.15) is 0 Å². The normalized spacial score (nSPS) is 13.4. The van der Waals surface area contributed by atoms with Crippen LogP contribution in [0.25, 0.3) is 22.3 Å². The van der Waals surface area contributed by atoms with Crippen LogP contribution in [-0.4, -0.2) is 19.5 Å². The first kappa shape index (κ1) is 14.8. The third-order valence-electron chi connectivity index (χ3n) is 4.41. The molecule has 3 aromatic rings. The minimum atomic E-state index is -0.323. The molecule has 0 spiro atoms. The SMILES string of the molecule is CNC(=O)c1c(-c2ccc(F)cc2)oc2cc3c(cc12)CCCN3. The number of amides is 1. The topological polar surface area (TPSA) is 54.3 Å². The highest BCUT2D eigenvalue weighted by Gasteiger charge is 2.23. The van der Waals surface area contributed by atoms with E-state index in [0.717, 1.165) is 30.5 Å². The van der Waals surface area contributed by atoms with E-state index in [9.17, 15) is 9.18 Å². The molecule has 1 aliphatic heterocycles. The Labute approximate surface area is 138 Å². The van der Waals surface area contributed by atoms with E-state index in [4.69, 9.17) is 4.42 Å². The van der Waals surface area contributed by atoms with Gasteiger partial charge in [0.05, 0.1) is 5.56 Å². The van der Waals surface area contributed by atoms with E-state index in [0.29, 0.717) is 22.5 Å². The Hall–Kier alpha value is -2.82. The van der Waals surface area contributed by atoms with Gasteiger partial charge in [0.2, 0.25) is 0 Å². The molecule has 0 fully saturated rings. The van der Waals surface area contributed by atoms with Crippen LogP contribution in [0.1, 0.15) is 22.3 Å². The molecular formula is C19H17FN2O2. The van der Waals surface area contributed by atoms with Gasteiger partial charge in [-0.25, -0.2) is 4.39 Å². The average molecular weight is 324 g/mol. The number of anilines is 1. The molecule has 0 saturated carbocycles. The van der Waals surface area contributed by atoms with E-state index in [2.05, 4.69) is 10.6 Å².